The number of hydrogen-bond acceptors (Lipinski definition) is 5. The number of fused-ring (bicyclic) bond motifs is 1. The average molecular weight is 435 g/mol. The molecule has 5 aromatic rings. The van der Waals surface area contributed by atoms with E-state index in [2.05, 4.69) is 5.32 Å². The second-order valence-corrected chi connectivity index (χ2v) is 7.39. The summed E-state index contributed by atoms with van der Waals surface area (Å²) in [6, 6.07) is 26.3. The van der Waals surface area contributed by atoms with Crippen molar-refractivity contribution in [2.75, 3.05) is 5.32 Å². The molecule has 0 spiro atoms. The van der Waals surface area contributed by atoms with E-state index in [0.717, 1.165) is 16.3 Å². The van der Waals surface area contributed by atoms with E-state index < -0.39 is 4.92 Å². The first-order valence-corrected chi connectivity index (χ1v) is 10.2. The number of aromatic nitrogens is 1. The number of carbonyl (C=O) groups excluding carboxylic acids is 1. The lowest BCUT2D eigenvalue weighted by Crippen LogP contribution is -2.11. The van der Waals surface area contributed by atoms with Crippen molar-refractivity contribution in [3.63, 3.8) is 0 Å². The van der Waals surface area contributed by atoms with Gasteiger partial charge >= 0.3 is 0 Å². The number of non-ortho nitro benzene ring substituents is 1. The van der Waals surface area contributed by atoms with E-state index in [4.69, 9.17) is 9.40 Å². The van der Waals surface area contributed by atoms with Crippen LogP contribution in [-0.2, 0) is 0 Å². The molecule has 0 saturated heterocycles. The Bertz CT molecular complexity index is 1460. The van der Waals surface area contributed by atoms with Gasteiger partial charge in [0.1, 0.15) is 5.69 Å². The van der Waals surface area contributed by atoms with Gasteiger partial charge in [-0.15, -0.1) is 0 Å². The molecule has 2 heterocycles. The Balaban J connectivity index is 1.62. The minimum atomic E-state index is -0.438. The number of amides is 1. The molecule has 0 unspecified atom stereocenters. The lowest BCUT2D eigenvalue weighted by Gasteiger charge is -2.11. The summed E-state index contributed by atoms with van der Waals surface area (Å²) < 4.78 is 5.54. The summed E-state index contributed by atoms with van der Waals surface area (Å²) in [7, 11) is 0. The average Bonchev–Trinajstić information content (AvgIpc) is 3.39. The number of rotatable bonds is 5. The van der Waals surface area contributed by atoms with E-state index in [1.54, 1.807) is 42.7 Å². The van der Waals surface area contributed by atoms with Crippen molar-refractivity contribution >= 4 is 28.1 Å². The predicted molar refractivity (Wildman–Crippen MR) is 126 cm³/mol. The molecule has 3 aromatic carbocycles. The molecule has 1 N–H and O–H groups in total. The van der Waals surface area contributed by atoms with Crippen LogP contribution in [0, 0.1) is 10.1 Å². The summed E-state index contributed by atoms with van der Waals surface area (Å²) in [4.78, 5) is 28.2. The van der Waals surface area contributed by atoms with E-state index in [1.165, 1.54) is 12.1 Å². The second-order valence-electron chi connectivity index (χ2n) is 7.39. The first kappa shape index (κ1) is 20.1. The molecule has 160 valence electrons. The quantitative estimate of drug-likeness (QED) is 0.257. The first-order chi connectivity index (χ1) is 16.1. The van der Waals surface area contributed by atoms with Gasteiger partial charge in [-0.25, -0.2) is 4.98 Å². The summed E-state index contributed by atoms with van der Waals surface area (Å²) in [6.45, 7) is 0. The Kier molecular flexibility index (Phi) is 5.12. The van der Waals surface area contributed by atoms with Crippen LogP contribution < -0.4 is 5.32 Å². The van der Waals surface area contributed by atoms with Crippen LogP contribution in [0.15, 0.2) is 102 Å². The molecular formula is C26H17N3O4. The van der Waals surface area contributed by atoms with Crippen LogP contribution in [0.25, 0.3) is 33.5 Å². The topological polar surface area (TPSA) is 98.3 Å². The van der Waals surface area contributed by atoms with E-state index >= 15 is 0 Å². The third-order valence-electron chi connectivity index (χ3n) is 5.25. The number of anilines is 1. The van der Waals surface area contributed by atoms with Gasteiger partial charge in [-0.3, -0.25) is 14.9 Å². The minimum Gasteiger partial charge on any atom is -0.463 e. The van der Waals surface area contributed by atoms with Gasteiger partial charge < -0.3 is 9.73 Å². The van der Waals surface area contributed by atoms with Crippen molar-refractivity contribution in [3.8, 4) is 22.7 Å². The van der Waals surface area contributed by atoms with Crippen molar-refractivity contribution in [1.29, 1.82) is 0 Å². The number of nitro groups is 1. The molecule has 7 nitrogen and oxygen atoms in total. The highest BCUT2D eigenvalue weighted by atomic mass is 16.6. The smallest absolute Gasteiger partial charge is 0.269 e. The Hall–Kier alpha value is -4.78. The minimum absolute atomic E-state index is 0.00474. The Morgan fingerprint density at radius 1 is 0.909 bits per heavy atom. The van der Waals surface area contributed by atoms with Crippen LogP contribution in [0.5, 0.6) is 0 Å². The van der Waals surface area contributed by atoms with E-state index in [1.807, 2.05) is 42.5 Å². The number of furan rings is 1. The number of hydrogen-bond donors (Lipinski definition) is 1. The summed E-state index contributed by atoms with van der Waals surface area (Å²) in [5.74, 6) is 0.357. The molecule has 1 amide bonds. The highest BCUT2D eigenvalue weighted by Crippen LogP contribution is 2.33. The zero-order chi connectivity index (χ0) is 22.8. The van der Waals surface area contributed by atoms with Crippen LogP contribution >= 0.6 is 0 Å². The molecule has 0 aliphatic rings. The molecule has 7 heteroatoms. The molecule has 0 fully saturated rings. The fraction of sp³-hybridized carbons (Fsp3) is 0. The highest BCUT2D eigenvalue weighted by Gasteiger charge is 2.15. The summed E-state index contributed by atoms with van der Waals surface area (Å²) in [6.07, 6.45) is 1.57. The third-order valence-corrected chi connectivity index (χ3v) is 5.25. The first-order valence-electron chi connectivity index (χ1n) is 10.2. The number of nitrogens with one attached hydrogen (secondary N) is 1. The van der Waals surface area contributed by atoms with Crippen LogP contribution in [0.3, 0.4) is 0 Å². The van der Waals surface area contributed by atoms with Gasteiger partial charge in [0.2, 0.25) is 0 Å². The van der Waals surface area contributed by atoms with Gasteiger partial charge in [-0.1, -0.05) is 24.3 Å². The molecule has 0 saturated carbocycles. The van der Waals surface area contributed by atoms with E-state index in [-0.39, 0.29) is 11.6 Å². The zero-order valence-corrected chi connectivity index (χ0v) is 17.3. The monoisotopic (exact) mass is 435 g/mol. The summed E-state index contributed by atoms with van der Waals surface area (Å²) in [5.41, 5.74) is 3.17. The van der Waals surface area contributed by atoms with Crippen molar-refractivity contribution in [2.45, 2.75) is 0 Å². The Morgan fingerprint density at radius 3 is 2.39 bits per heavy atom. The molecular weight excluding hydrogens is 418 g/mol. The molecule has 33 heavy (non-hydrogen) atoms. The number of carbonyl (C=O) groups is 1. The zero-order valence-electron chi connectivity index (χ0n) is 17.3. The molecule has 0 atom stereocenters. The summed E-state index contributed by atoms with van der Waals surface area (Å²) in [5, 5.41) is 15.5. The van der Waals surface area contributed by atoms with Crippen LogP contribution in [0.4, 0.5) is 11.4 Å². The predicted octanol–water partition coefficient (Wildman–Crippen LogP) is 6.32. The van der Waals surface area contributed by atoms with Gasteiger partial charge in [0.05, 0.1) is 16.9 Å². The standard InChI is InChI=1S/C26H17N3O4/c30-26(27-20-5-2-1-3-6-20)18-10-13-22-19(15-18)16-23(24-7-4-14-33-24)28-25(22)17-8-11-21(12-9-17)29(31)32/h1-16H,(H,27,30). The highest BCUT2D eigenvalue weighted by molar-refractivity contribution is 6.08. The van der Waals surface area contributed by atoms with E-state index in [0.29, 0.717) is 28.4 Å². The molecule has 2 aromatic heterocycles. The van der Waals surface area contributed by atoms with Gasteiger partial charge in [0.25, 0.3) is 11.6 Å². The fourth-order valence-electron chi connectivity index (χ4n) is 3.64. The SMILES string of the molecule is O=C(Nc1ccccc1)c1ccc2c(-c3ccc([N+](=O)[O-])cc3)nc(-c3ccco3)cc2c1. The largest absolute Gasteiger partial charge is 0.463 e. The number of nitro benzene ring substituents is 1. The van der Waals surface area contributed by atoms with Crippen LogP contribution in [0.1, 0.15) is 10.4 Å². The van der Waals surface area contributed by atoms with E-state index in [9.17, 15) is 14.9 Å². The molecule has 0 bridgehead atoms. The number of para-hydroxylation sites is 1. The Morgan fingerprint density at radius 2 is 1.70 bits per heavy atom. The molecule has 0 aliphatic heterocycles. The number of benzene rings is 3. The maximum absolute atomic E-state index is 12.8. The van der Waals surface area contributed by atoms with Crippen LogP contribution in [0.2, 0.25) is 0 Å². The van der Waals surface area contributed by atoms with Gasteiger partial charge in [-0.2, -0.15) is 0 Å². The summed E-state index contributed by atoms with van der Waals surface area (Å²) >= 11 is 0. The molecule has 0 aliphatic carbocycles. The second kappa shape index (κ2) is 8.39. The normalized spacial score (nSPS) is 10.8. The van der Waals surface area contributed by atoms with Crippen molar-refractivity contribution in [3.05, 3.63) is 113 Å². The van der Waals surface area contributed by atoms with Gasteiger partial charge in [0.15, 0.2) is 5.76 Å². The fourth-order valence-corrected chi connectivity index (χ4v) is 3.64. The lowest BCUT2D eigenvalue weighted by atomic mass is 10.00. The lowest BCUT2D eigenvalue weighted by molar-refractivity contribution is -0.384. The maximum atomic E-state index is 12.8. The van der Waals surface area contributed by atoms with Gasteiger partial charge in [0, 0.05) is 34.3 Å². The molecule has 0 radical (unpaired) electrons. The third kappa shape index (κ3) is 4.07. The number of pyridine rings is 1. The molecule has 5 rings (SSSR count). The van der Waals surface area contributed by atoms with Crippen molar-refractivity contribution in [1.82, 2.24) is 4.98 Å². The Labute approximate surface area is 188 Å². The van der Waals surface area contributed by atoms with Gasteiger partial charge in [-0.05, 0) is 60.0 Å². The maximum Gasteiger partial charge on any atom is 0.269 e. The number of nitrogens with zero attached hydrogens (tertiary/aromatic N) is 2. The van der Waals surface area contributed by atoms with Crippen molar-refractivity contribution in [2.24, 2.45) is 0 Å². The van der Waals surface area contributed by atoms with Crippen LogP contribution in [-0.4, -0.2) is 15.8 Å². The van der Waals surface area contributed by atoms with Crippen molar-refractivity contribution < 1.29 is 14.1 Å².